The first-order valence-electron chi connectivity index (χ1n) is 14.4. The number of carbonyl (C=O) groups is 4. The number of primary amides is 1. The molecule has 0 saturated heterocycles. The van der Waals surface area contributed by atoms with Crippen LogP contribution in [0.5, 0.6) is 0 Å². The molecule has 3 rings (SSSR count). The van der Waals surface area contributed by atoms with Gasteiger partial charge in [0.05, 0.1) is 0 Å². The van der Waals surface area contributed by atoms with Gasteiger partial charge >= 0.3 is 6.09 Å². The summed E-state index contributed by atoms with van der Waals surface area (Å²) in [6, 6.07) is 17.9. The minimum Gasteiger partial charge on any atom is -0.444 e. The van der Waals surface area contributed by atoms with Gasteiger partial charge in [-0.2, -0.15) is 0 Å². The minimum atomic E-state index is -1.19. The van der Waals surface area contributed by atoms with E-state index in [1.165, 1.54) is 4.90 Å². The summed E-state index contributed by atoms with van der Waals surface area (Å²) in [5.74, 6) is 0.953. The maximum Gasteiger partial charge on any atom is 0.408 e. The molecule has 2 unspecified atom stereocenters. The van der Waals surface area contributed by atoms with E-state index < -0.39 is 41.5 Å². The average Bonchev–Trinajstić information content (AvgIpc) is 2.96. The second-order valence-electron chi connectivity index (χ2n) is 11.3. The van der Waals surface area contributed by atoms with E-state index in [2.05, 4.69) is 16.6 Å². The molecule has 2 atom stereocenters. The highest BCUT2D eigenvalue weighted by atomic mass is 16.6. The smallest absolute Gasteiger partial charge is 0.408 e. The molecule has 3 aromatic carbocycles. The molecule has 3 aromatic rings. The van der Waals surface area contributed by atoms with Crippen LogP contribution in [0.1, 0.15) is 70.5 Å². The Morgan fingerprint density at radius 2 is 1.67 bits per heavy atom. The maximum absolute atomic E-state index is 14.3. The molecule has 0 radical (unpaired) electrons. The lowest BCUT2D eigenvalue weighted by Gasteiger charge is -2.35. The zero-order valence-electron chi connectivity index (χ0n) is 25.2. The Morgan fingerprint density at radius 3 is 2.33 bits per heavy atom. The van der Waals surface area contributed by atoms with Crippen molar-refractivity contribution in [3.05, 3.63) is 77.9 Å². The number of nitrogens with zero attached hydrogens (tertiary/aromatic N) is 1. The number of hydrogen-bond donors (Lipinski definition) is 3. The van der Waals surface area contributed by atoms with Crippen LogP contribution in [0.3, 0.4) is 0 Å². The SMILES string of the molecule is C#Cc1ccccc1C(C(=O)Nc1ccc2ccccc2c1)N(CCCC)C(=O)C(CCC(N)=O)NC(=O)OC(C)(C)C. The standard InChI is InChI=1S/C34H40N4O5/c1-6-8-21-38(32(41)28(19-20-29(35)39)37-33(42)43-34(3,4)5)30(27-16-12-11-13-23(27)7-2)31(40)36-26-18-17-24-14-9-10-15-25(24)22-26/h2,9-18,22,28,30H,6,8,19-21H2,1,3-5H3,(H2,35,39)(H,36,40)(H,37,42). The van der Waals surface area contributed by atoms with E-state index in [0.29, 0.717) is 23.2 Å². The van der Waals surface area contributed by atoms with E-state index in [1.54, 1.807) is 51.1 Å². The molecule has 0 fully saturated rings. The van der Waals surface area contributed by atoms with Crippen molar-refractivity contribution in [2.75, 3.05) is 11.9 Å². The Labute approximate surface area is 253 Å². The molecule has 9 nitrogen and oxygen atoms in total. The molecule has 43 heavy (non-hydrogen) atoms. The van der Waals surface area contributed by atoms with Crippen molar-refractivity contribution < 1.29 is 23.9 Å². The highest BCUT2D eigenvalue weighted by Gasteiger charge is 2.37. The number of nitrogens with two attached hydrogens (primary N) is 1. The molecule has 0 heterocycles. The molecule has 9 heteroatoms. The Kier molecular flexibility index (Phi) is 11.3. The first-order valence-corrected chi connectivity index (χ1v) is 14.4. The third-order valence-electron chi connectivity index (χ3n) is 6.69. The molecular weight excluding hydrogens is 544 g/mol. The number of unbranched alkanes of at least 4 members (excludes halogenated alkanes) is 1. The number of anilines is 1. The number of benzene rings is 3. The topological polar surface area (TPSA) is 131 Å². The first-order chi connectivity index (χ1) is 20.4. The van der Waals surface area contributed by atoms with Crippen LogP contribution in [-0.4, -0.2) is 46.9 Å². The fraction of sp³-hybridized carbons (Fsp3) is 0.353. The molecule has 4 N–H and O–H groups in total. The van der Waals surface area contributed by atoms with Gasteiger partial charge in [0.25, 0.3) is 5.91 Å². The number of fused-ring (bicyclic) bond motifs is 1. The normalized spacial score (nSPS) is 12.4. The number of amides is 4. The zero-order valence-corrected chi connectivity index (χ0v) is 25.2. The van der Waals surface area contributed by atoms with E-state index >= 15 is 0 Å². The molecule has 0 aromatic heterocycles. The van der Waals surface area contributed by atoms with Gasteiger partial charge in [0.2, 0.25) is 11.8 Å². The Balaban J connectivity index is 2.07. The maximum atomic E-state index is 14.3. The monoisotopic (exact) mass is 584 g/mol. The number of hydrogen-bond acceptors (Lipinski definition) is 5. The quantitative estimate of drug-likeness (QED) is 0.249. The van der Waals surface area contributed by atoms with Crippen molar-refractivity contribution in [2.24, 2.45) is 5.73 Å². The molecule has 4 amide bonds. The van der Waals surface area contributed by atoms with Crippen LogP contribution in [0.2, 0.25) is 0 Å². The van der Waals surface area contributed by atoms with E-state index in [9.17, 15) is 19.2 Å². The largest absolute Gasteiger partial charge is 0.444 e. The molecule has 0 aliphatic rings. The zero-order chi connectivity index (χ0) is 31.6. The van der Waals surface area contributed by atoms with Crippen LogP contribution in [0.25, 0.3) is 10.8 Å². The fourth-order valence-corrected chi connectivity index (χ4v) is 4.68. The van der Waals surface area contributed by atoms with Crippen LogP contribution in [0.15, 0.2) is 66.7 Å². The summed E-state index contributed by atoms with van der Waals surface area (Å²) in [6.45, 7) is 7.25. The van der Waals surface area contributed by atoms with Crippen molar-refractivity contribution >= 4 is 40.3 Å². The Hall–Kier alpha value is -4.84. The molecular formula is C34H40N4O5. The number of ether oxygens (including phenoxy) is 1. The summed E-state index contributed by atoms with van der Waals surface area (Å²) < 4.78 is 5.39. The van der Waals surface area contributed by atoms with Crippen LogP contribution in [0.4, 0.5) is 10.5 Å². The summed E-state index contributed by atoms with van der Waals surface area (Å²) in [5.41, 5.74) is 6.03. The van der Waals surface area contributed by atoms with Gasteiger partial charge in [0.15, 0.2) is 0 Å². The predicted octanol–water partition coefficient (Wildman–Crippen LogP) is 5.29. The van der Waals surface area contributed by atoms with E-state index in [0.717, 1.165) is 17.2 Å². The molecule has 0 saturated carbocycles. The van der Waals surface area contributed by atoms with Gasteiger partial charge in [-0.3, -0.25) is 14.4 Å². The fourth-order valence-electron chi connectivity index (χ4n) is 4.68. The molecule has 0 bridgehead atoms. The number of carbonyl (C=O) groups excluding carboxylic acids is 4. The van der Waals surface area contributed by atoms with Crippen molar-refractivity contribution in [3.63, 3.8) is 0 Å². The molecule has 0 spiro atoms. The highest BCUT2D eigenvalue weighted by Crippen LogP contribution is 2.29. The third-order valence-corrected chi connectivity index (χ3v) is 6.69. The van der Waals surface area contributed by atoms with Gasteiger partial charge in [-0.25, -0.2) is 4.79 Å². The molecule has 0 aliphatic heterocycles. The van der Waals surface area contributed by atoms with Gasteiger partial charge in [0, 0.05) is 24.2 Å². The summed E-state index contributed by atoms with van der Waals surface area (Å²) >= 11 is 0. The number of terminal acetylenes is 1. The third kappa shape index (κ3) is 9.33. The van der Waals surface area contributed by atoms with E-state index in [4.69, 9.17) is 16.9 Å². The molecule has 226 valence electrons. The lowest BCUT2D eigenvalue weighted by Crippen LogP contribution is -2.53. The van der Waals surface area contributed by atoms with Crippen molar-refractivity contribution in [2.45, 2.75) is 71.1 Å². The minimum absolute atomic E-state index is 0.0775. The van der Waals surface area contributed by atoms with Crippen LogP contribution >= 0.6 is 0 Å². The second kappa shape index (κ2) is 14.9. The summed E-state index contributed by atoms with van der Waals surface area (Å²) in [4.78, 5) is 54.3. The second-order valence-corrected chi connectivity index (χ2v) is 11.3. The summed E-state index contributed by atoms with van der Waals surface area (Å²) in [6.07, 6.45) is 6.06. The average molecular weight is 585 g/mol. The van der Waals surface area contributed by atoms with Crippen LogP contribution in [0, 0.1) is 12.3 Å². The Bertz CT molecular complexity index is 1500. The van der Waals surface area contributed by atoms with Gasteiger partial charge in [-0.15, -0.1) is 6.42 Å². The number of nitrogens with one attached hydrogen (secondary N) is 2. The summed E-state index contributed by atoms with van der Waals surface area (Å²) in [7, 11) is 0. The number of alkyl carbamates (subject to hydrolysis) is 1. The van der Waals surface area contributed by atoms with Crippen LogP contribution < -0.4 is 16.4 Å². The highest BCUT2D eigenvalue weighted by molar-refractivity contribution is 6.00. The number of rotatable bonds is 12. The van der Waals surface area contributed by atoms with E-state index in [1.807, 2.05) is 43.3 Å². The summed E-state index contributed by atoms with van der Waals surface area (Å²) in [5, 5.41) is 7.52. The van der Waals surface area contributed by atoms with Gasteiger partial charge in [-0.05, 0) is 68.1 Å². The van der Waals surface area contributed by atoms with Crippen molar-refractivity contribution in [1.29, 1.82) is 0 Å². The van der Waals surface area contributed by atoms with Gasteiger partial charge in [-0.1, -0.05) is 67.8 Å². The van der Waals surface area contributed by atoms with Gasteiger partial charge < -0.3 is 26.0 Å². The van der Waals surface area contributed by atoms with Crippen molar-refractivity contribution in [1.82, 2.24) is 10.2 Å². The Morgan fingerprint density at radius 1 is 1.00 bits per heavy atom. The molecule has 0 aliphatic carbocycles. The van der Waals surface area contributed by atoms with E-state index in [-0.39, 0.29) is 19.4 Å². The lowest BCUT2D eigenvalue weighted by molar-refractivity contribution is -0.141. The predicted molar refractivity (Wildman–Crippen MR) is 168 cm³/mol. The van der Waals surface area contributed by atoms with Crippen LogP contribution in [-0.2, 0) is 19.1 Å². The van der Waals surface area contributed by atoms with Crippen molar-refractivity contribution in [3.8, 4) is 12.3 Å². The first kappa shape index (κ1) is 32.7. The lowest BCUT2D eigenvalue weighted by atomic mass is 9.96. The van der Waals surface area contributed by atoms with Gasteiger partial charge in [0.1, 0.15) is 17.7 Å².